The molecule has 0 fully saturated rings. The van der Waals surface area contributed by atoms with Crippen LogP contribution in [0.4, 0.5) is 5.69 Å². The Morgan fingerprint density at radius 3 is 2.88 bits per heavy atom. The lowest BCUT2D eigenvalue weighted by atomic mass is 10.2. The molecule has 0 saturated heterocycles. The van der Waals surface area contributed by atoms with Crippen LogP contribution in [0.3, 0.4) is 0 Å². The molecule has 17 heavy (non-hydrogen) atoms. The van der Waals surface area contributed by atoms with Crippen LogP contribution in [0.25, 0.3) is 0 Å². The van der Waals surface area contributed by atoms with Gasteiger partial charge in [0.25, 0.3) is 0 Å². The molecular formula is C12H12ClN3O. The Labute approximate surface area is 104 Å². The van der Waals surface area contributed by atoms with Crippen LogP contribution in [0.15, 0.2) is 36.7 Å². The van der Waals surface area contributed by atoms with Crippen molar-refractivity contribution < 1.29 is 4.79 Å². The highest BCUT2D eigenvalue weighted by atomic mass is 35.5. The number of primary amides is 1. The summed E-state index contributed by atoms with van der Waals surface area (Å²) >= 11 is 6.02. The average Bonchev–Trinajstić information content (AvgIpc) is 2.80. The number of aromatic nitrogens is 1. The maximum atomic E-state index is 11.0. The van der Waals surface area contributed by atoms with Crippen molar-refractivity contribution in [1.82, 2.24) is 4.98 Å². The number of halogens is 1. The zero-order valence-corrected chi connectivity index (χ0v) is 9.79. The standard InChI is InChI=1S/C12H12ClN3O/c13-10-2-1-9(12(14)17)5-11(10)16-7-8-3-4-15-6-8/h1-6,15-16H,7H2,(H2,14,17). The smallest absolute Gasteiger partial charge is 0.248 e. The van der Waals surface area contributed by atoms with E-state index in [9.17, 15) is 4.79 Å². The van der Waals surface area contributed by atoms with Gasteiger partial charge >= 0.3 is 0 Å². The van der Waals surface area contributed by atoms with Crippen LogP contribution in [-0.4, -0.2) is 10.9 Å². The average molecular weight is 250 g/mol. The minimum absolute atomic E-state index is 0.436. The zero-order chi connectivity index (χ0) is 12.3. The molecule has 0 aliphatic carbocycles. The number of aromatic amines is 1. The number of carbonyl (C=O) groups excluding carboxylic acids is 1. The summed E-state index contributed by atoms with van der Waals surface area (Å²) in [4.78, 5) is 14.0. The summed E-state index contributed by atoms with van der Waals surface area (Å²) in [6.07, 6.45) is 3.73. The van der Waals surface area contributed by atoms with Crippen molar-refractivity contribution in [2.75, 3.05) is 5.32 Å². The summed E-state index contributed by atoms with van der Waals surface area (Å²) < 4.78 is 0. The van der Waals surface area contributed by atoms with E-state index in [1.807, 2.05) is 18.5 Å². The van der Waals surface area contributed by atoms with Crippen molar-refractivity contribution in [3.63, 3.8) is 0 Å². The molecular weight excluding hydrogens is 238 g/mol. The maximum Gasteiger partial charge on any atom is 0.248 e. The summed E-state index contributed by atoms with van der Waals surface area (Å²) in [6, 6.07) is 6.86. The lowest BCUT2D eigenvalue weighted by Gasteiger charge is -2.08. The van der Waals surface area contributed by atoms with Crippen molar-refractivity contribution in [3.05, 3.63) is 52.8 Å². The number of anilines is 1. The fraction of sp³-hybridized carbons (Fsp3) is 0.0833. The number of rotatable bonds is 4. The molecule has 1 amide bonds. The summed E-state index contributed by atoms with van der Waals surface area (Å²) in [5.41, 5.74) is 7.45. The van der Waals surface area contributed by atoms with E-state index in [1.165, 1.54) is 0 Å². The molecule has 1 heterocycles. The van der Waals surface area contributed by atoms with Crippen molar-refractivity contribution >= 4 is 23.2 Å². The fourth-order valence-electron chi connectivity index (χ4n) is 1.48. The topological polar surface area (TPSA) is 70.9 Å². The van der Waals surface area contributed by atoms with Crippen molar-refractivity contribution in [2.45, 2.75) is 6.54 Å². The molecule has 1 aromatic heterocycles. The largest absolute Gasteiger partial charge is 0.380 e. The number of H-pyrrole nitrogens is 1. The van der Waals surface area contributed by atoms with Crippen LogP contribution >= 0.6 is 11.6 Å². The van der Waals surface area contributed by atoms with Crippen LogP contribution in [0.5, 0.6) is 0 Å². The van der Waals surface area contributed by atoms with E-state index in [1.54, 1.807) is 18.2 Å². The number of hydrogen-bond donors (Lipinski definition) is 3. The van der Waals surface area contributed by atoms with Gasteiger partial charge in [-0.1, -0.05) is 11.6 Å². The normalized spacial score (nSPS) is 10.2. The second-order valence-corrected chi connectivity index (χ2v) is 4.04. The summed E-state index contributed by atoms with van der Waals surface area (Å²) in [5, 5.41) is 3.71. The van der Waals surface area contributed by atoms with E-state index in [-0.39, 0.29) is 0 Å². The molecule has 88 valence electrons. The third-order valence-corrected chi connectivity index (χ3v) is 2.73. The lowest BCUT2D eigenvalue weighted by Crippen LogP contribution is -2.11. The van der Waals surface area contributed by atoms with Gasteiger partial charge in [-0.15, -0.1) is 0 Å². The van der Waals surface area contributed by atoms with E-state index >= 15 is 0 Å². The predicted octanol–water partition coefficient (Wildman–Crippen LogP) is 2.38. The molecule has 0 radical (unpaired) electrons. The Bertz CT molecular complexity index is 523. The quantitative estimate of drug-likeness (QED) is 0.779. The van der Waals surface area contributed by atoms with Gasteiger partial charge in [0, 0.05) is 24.5 Å². The lowest BCUT2D eigenvalue weighted by molar-refractivity contribution is 0.100. The molecule has 0 atom stereocenters. The molecule has 0 bridgehead atoms. The monoisotopic (exact) mass is 249 g/mol. The second-order valence-electron chi connectivity index (χ2n) is 3.63. The van der Waals surface area contributed by atoms with E-state index in [2.05, 4.69) is 10.3 Å². The van der Waals surface area contributed by atoms with Gasteiger partial charge in [-0.25, -0.2) is 0 Å². The van der Waals surface area contributed by atoms with Crippen molar-refractivity contribution in [1.29, 1.82) is 0 Å². The highest BCUT2D eigenvalue weighted by Crippen LogP contribution is 2.23. The number of benzene rings is 1. The van der Waals surface area contributed by atoms with Crippen LogP contribution in [0.1, 0.15) is 15.9 Å². The third kappa shape index (κ3) is 2.79. The molecule has 0 unspecified atom stereocenters. The van der Waals surface area contributed by atoms with Crippen LogP contribution in [-0.2, 0) is 6.54 Å². The molecule has 0 spiro atoms. The van der Waals surface area contributed by atoms with Gasteiger partial charge in [0.15, 0.2) is 0 Å². The van der Waals surface area contributed by atoms with Crippen LogP contribution in [0.2, 0.25) is 5.02 Å². The summed E-state index contributed by atoms with van der Waals surface area (Å²) in [6.45, 7) is 0.630. The van der Waals surface area contributed by atoms with Gasteiger partial charge in [0.05, 0.1) is 10.7 Å². The molecule has 2 rings (SSSR count). The second kappa shape index (κ2) is 4.93. The molecule has 4 N–H and O–H groups in total. The van der Waals surface area contributed by atoms with E-state index in [0.29, 0.717) is 22.8 Å². The first-order valence-corrected chi connectivity index (χ1v) is 5.49. The molecule has 5 heteroatoms. The first-order chi connectivity index (χ1) is 8.16. The van der Waals surface area contributed by atoms with E-state index in [0.717, 1.165) is 5.56 Å². The Hall–Kier alpha value is -1.94. The van der Waals surface area contributed by atoms with Gasteiger partial charge in [0.2, 0.25) is 5.91 Å². The Kier molecular flexibility index (Phi) is 3.35. The number of nitrogens with two attached hydrogens (primary N) is 1. The molecule has 0 aliphatic heterocycles. The molecule has 0 aliphatic rings. The van der Waals surface area contributed by atoms with E-state index in [4.69, 9.17) is 17.3 Å². The molecule has 4 nitrogen and oxygen atoms in total. The fourth-order valence-corrected chi connectivity index (χ4v) is 1.66. The van der Waals surface area contributed by atoms with Crippen molar-refractivity contribution in [3.8, 4) is 0 Å². The molecule has 2 aromatic rings. The van der Waals surface area contributed by atoms with Gasteiger partial charge in [-0.3, -0.25) is 4.79 Å². The van der Waals surface area contributed by atoms with Gasteiger partial charge in [0.1, 0.15) is 0 Å². The van der Waals surface area contributed by atoms with E-state index < -0.39 is 5.91 Å². The first kappa shape index (κ1) is 11.5. The zero-order valence-electron chi connectivity index (χ0n) is 9.03. The number of nitrogens with one attached hydrogen (secondary N) is 2. The summed E-state index contributed by atoms with van der Waals surface area (Å²) in [7, 11) is 0. The van der Waals surface area contributed by atoms with Gasteiger partial charge in [-0.2, -0.15) is 0 Å². The Morgan fingerprint density at radius 2 is 2.24 bits per heavy atom. The highest BCUT2D eigenvalue weighted by molar-refractivity contribution is 6.33. The predicted molar refractivity (Wildman–Crippen MR) is 68.1 cm³/mol. The maximum absolute atomic E-state index is 11.0. The number of amides is 1. The SMILES string of the molecule is NC(=O)c1ccc(Cl)c(NCc2cc[nH]c2)c1. The number of hydrogen-bond acceptors (Lipinski definition) is 2. The van der Waals surface area contributed by atoms with Crippen molar-refractivity contribution in [2.24, 2.45) is 5.73 Å². The molecule has 1 aromatic carbocycles. The minimum atomic E-state index is -0.466. The highest BCUT2D eigenvalue weighted by Gasteiger charge is 2.05. The summed E-state index contributed by atoms with van der Waals surface area (Å²) in [5.74, 6) is -0.466. The Morgan fingerprint density at radius 1 is 1.41 bits per heavy atom. The first-order valence-electron chi connectivity index (χ1n) is 5.11. The minimum Gasteiger partial charge on any atom is -0.380 e. The van der Waals surface area contributed by atoms with Gasteiger partial charge < -0.3 is 16.0 Å². The van der Waals surface area contributed by atoms with Gasteiger partial charge in [-0.05, 0) is 29.8 Å². The van der Waals surface area contributed by atoms with Crippen LogP contribution in [0, 0.1) is 0 Å². The third-order valence-electron chi connectivity index (χ3n) is 2.40. The Balaban J connectivity index is 2.14. The van der Waals surface area contributed by atoms with Crippen LogP contribution < -0.4 is 11.1 Å². The number of carbonyl (C=O) groups is 1. The molecule has 0 saturated carbocycles.